The van der Waals surface area contributed by atoms with Crippen LogP contribution in [0.5, 0.6) is 0 Å². The van der Waals surface area contributed by atoms with E-state index in [0.717, 1.165) is 63.5 Å². The number of rotatable bonds is 16. The molecule has 5 rings (SSSR count). The van der Waals surface area contributed by atoms with Gasteiger partial charge in [0, 0.05) is 38.3 Å². The van der Waals surface area contributed by atoms with Gasteiger partial charge in [-0.3, -0.25) is 4.90 Å². The maximum atomic E-state index is 9.01. The zero-order valence-corrected chi connectivity index (χ0v) is 25.8. The van der Waals surface area contributed by atoms with Crippen molar-refractivity contribution in [3.63, 3.8) is 0 Å². The maximum absolute atomic E-state index is 9.01. The third-order valence-corrected chi connectivity index (χ3v) is 10.6. The van der Waals surface area contributed by atoms with Gasteiger partial charge in [-0.25, -0.2) is 0 Å². The average molecular weight is 593 g/mol. The highest BCUT2D eigenvalue weighted by atomic mass is 31.2. The summed E-state index contributed by atoms with van der Waals surface area (Å²) in [6, 6.07) is 3.03. The van der Waals surface area contributed by atoms with E-state index < -0.39 is 8.60 Å². The number of piperazine rings is 1. The van der Waals surface area contributed by atoms with Crippen LogP contribution in [0.2, 0.25) is 0 Å². The second kappa shape index (κ2) is 14.9. The molecular weight excluding hydrogens is 539 g/mol. The molecule has 2 saturated carbocycles. The molecule has 0 bridgehead atoms. The molecule has 2 aliphatic heterocycles. The number of hydrogen-bond acceptors (Lipinski definition) is 11. The second-order valence-electron chi connectivity index (χ2n) is 12.7. The van der Waals surface area contributed by atoms with Gasteiger partial charge in [0.05, 0.1) is 18.2 Å². The van der Waals surface area contributed by atoms with Crippen molar-refractivity contribution in [2.24, 2.45) is 11.8 Å². The summed E-state index contributed by atoms with van der Waals surface area (Å²) in [7, 11) is -2.29. The van der Waals surface area contributed by atoms with Crippen LogP contribution >= 0.6 is 8.60 Å². The van der Waals surface area contributed by atoms with Crippen molar-refractivity contribution in [1.82, 2.24) is 25.5 Å². The monoisotopic (exact) mass is 592 g/mol. The molecule has 1 aromatic rings. The van der Waals surface area contributed by atoms with Crippen molar-refractivity contribution >= 4 is 26.2 Å². The highest BCUT2D eigenvalue weighted by Gasteiger charge is 2.63. The summed E-state index contributed by atoms with van der Waals surface area (Å²) < 4.78 is 4.99. The normalized spacial score (nSPS) is 28.8. The lowest BCUT2D eigenvalue weighted by Gasteiger charge is -2.71. The average Bonchev–Trinajstić information content (AvgIpc) is 2.96. The molecule has 12 heteroatoms. The quantitative estimate of drug-likeness (QED) is 0.124. The van der Waals surface area contributed by atoms with E-state index in [-0.39, 0.29) is 5.54 Å². The van der Waals surface area contributed by atoms with E-state index in [1.807, 2.05) is 6.07 Å². The molecule has 1 unspecified atom stereocenters. The first-order chi connectivity index (χ1) is 20.0. The Morgan fingerprint density at radius 1 is 1.05 bits per heavy atom. The lowest BCUT2D eigenvalue weighted by molar-refractivity contribution is -0.0947. The molecule has 232 valence electrons. The van der Waals surface area contributed by atoms with Crippen LogP contribution < -0.4 is 26.6 Å². The highest BCUT2D eigenvalue weighted by Crippen LogP contribution is 2.48. The van der Waals surface area contributed by atoms with E-state index in [9.17, 15) is 0 Å². The fourth-order valence-corrected chi connectivity index (χ4v) is 7.84. The van der Waals surface area contributed by atoms with Crippen LogP contribution in [-0.2, 0) is 4.52 Å². The van der Waals surface area contributed by atoms with Crippen LogP contribution in [0.15, 0.2) is 6.07 Å². The lowest BCUT2D eigenvalue weighted by Crippen LogP contribution is -2.87. The number of fused-ring (bicyclic) bond motifs is 1. The molecule has 7 N–H and O–H groups in total. The Hall–Kier alpha value is -1.33. The number of likely N-dealkylation sites (tertiary alicyclic amines) is 1. The highest BCUT2D eigenvalue weighted by molar-refractivity contribution is 7.39. The summed E-state index contributed by atoms with van der Waals surface area (Å²) >= 11 is 0. The Labute approximate surface area is 247 Å². The first-order valence-corrected chi connectivity index (χ1v) is 17.3. The molecular formula is C29H53N8O3P. The SMILES string of the molecule is CC[C@@]12CN(c3cc(N)nc(NCC4CCC(CNCCCNC5CCCCC5)CC4)n3)C1CN2CCOP(O)O. The van der Waals surface area contributed by atoms with Crippen LogP contribution in [0.3, 0.4) is 0 Å². The maximum Gasteiger partial charge on any atom is 0.327 e. The van der Waals surface area contributed by atoms with Crippen molar-refractivity contribution in [3.05, 3.63) is 6.07 Å². The molecule has 1 aromatic heterocycles. The molecule has 2 saturated heterocycles. The van der Waals surface area contributed by atoms with Crippen LogP contribution in [0.1, 0.15) is 77.6 Å². The van der Waals surface area contributed by atoms with Crippen molar-refractivity contribution in [3.8, 4) is 0 Å². The van der Waals surface area contributed by atoms with Crippen molar-refractivity contribution in [2.45, 2.75) is 95.2 Å². The van der Waals surface area contributed by atoms with Crippen molar-refractivity contribution in [2.75, 3.05) is 68.4 Å². The lowest BCUT2D eigenvalue weighted by atomic mass is 9.68. The van der Waals surface area contributed by atoms with Gasteiger partial charge in [0.15, 0.2) is 0 Å². The molecule has 2 aliphatic carbocycles. The molecule has 2 atom stereocenters. The van der Waals surface area contributed by atoms with Crippen molar-refractivity contribution < 1.29 is 14.3 Å². The Kier molecular flexibility index (Phi) is 11.3. The third-order valence-electron chi connectivity index (χ3n) is 10.2. The molecule has 11 nitrogen and oxygen atoms in total. The van der Waals surface area contributed by atoms with Gasteiger partial charge in [-0.1, -0.05) is 26.2 Å². The van der Waals surface area contributed by atoms with Gasteiger partial charge in [0.1, 0.15) is 11.6 Å². The van der Waals surface area contributed by atoms with Gasteiger partial charge in [-0.15, -0.1) is 0 Å². The summed E-state index contributed by atoms with van der Waals surface area (Å²) in [6.07, 6.45) is 14.3. The Balaban J connectivity index is 0.980. The molecule has 4 fully saturated rings. The third kappa shape index (κ3) is 7.99. The molecule has 0 amide bonds. The zero-order chi connectivity index (χ0) is 28.7. The van der Waals surface area contributed by atoms with E-state index in [1.54, 1.807) is 0 Å². The fourth-order valence-electron chi connectivity index (χ4n) is 7.59. The molecule has 0 spiro atoms. The topological polar surface area (TPSA) is 144 Å². The molecule has 3 heterocycles. The molecule has 0 aromatic carbocycles. The van der Waals surface area contributed by atoms with Crippen LogP contribution in [0.25, 0.3) is 0 Å². The van der Waals surface area contributed by atoms with E-state index >= 15 is 0 Å². The number of aromatic nitrogens is 2. The smallest absolute Gasteiger partial charge is 0.327 e. The Bertz CT molecular complexity index is 947. The summed E-state index contributed by atoms with van der Waals surface area (Å²) in [5.41, 5.74) is 6.30. The van der Waals surface area contributed by atoms with Crippen LogP contribution in [0.4, 0.5) is 17.6 Å². The second-order valence-corrected chi connectivity index (χ2v) is 13.5. The molecule has 4 aliphatic rings. The standard InChI is InChI=1S/C29H53N8O3P/c1-2-29-21-37(25(29)20-36(29)15-16-40-41(38)39)27-17-26(30)34-28(35-27)33-19-23-11-9-22(10-12-23)18-31-13-6-14-32-24-7-4-3-5-8-24/h17,22-25,31-32,38-39H,2-16,18-21H2,1H3,(H3,30,33,34,35)/t22?,23?,25?,29-/m1/s1. The minimum Gasteiger partial charge on any atom is -0.383 e. The zero-order valence-electron chi connectivity index (χ0n) is 24.9. The first kappa shape index (κ1) is 31.1. The summed E-state index contributed by atoms with van der Waals surface area (Å²) in [6.45, 7) is 9.35. The van der Waals surface area contributed by atoms with E-state index in [4.69, 9.17) is 25.0 Å². The molecule has 41 heavy (non-hydrogen) atoms. The minimum absolute atomic E-state index is 0.101. The van der Waals surface area contributed by atoms with E-state index in [2.05, 4.69) is 37.7 Å². The molecule has 0 radical (unpaired) electrons. The number of hydrogen-bond donors (Lipinski definition) is 6. The van der Waals surface area contributed by atoms with Crippen LogP contribution in [-0.4, -0.2) is 94.7 Å². The summed E-state index contributed by atoms with van der Waals surface area (Å²) in [4.78, 5) is 32.1. The number of nitrogen functional groups attached to an aromatic ring is 1. The number of anilines is 3. The number of nitrogens with zero attached hydrogens (tertiary/aromatic N) is 4. The number of nitrogens with one attached hydrogen (secondary N) is 3. The first-order valence-electron chi connectivity index (χ1n) is 16.1. The Morgan fingerprint density at radius 3 is 2.51 bits per heavy atom. The van der Waals surface area contributed by atoms with E-state index in [0.29, 0.717) is 36.9 Å². The van der Waals surface area contributed by atoms with Gasteiger partial charge in [0.25, 0.3) is 0 Å². The number of nitrogens with two attached hydrogens (primary N) is 1. The van der Waals surface area contributed by atoms with Crippen LogP contribution in [0, 0.1) is 11.8 Å². The largest absolute Gasteiger partial charge is 0.383 e. The van der Waals surface area contributed by atoms with Gasteiger partial charge in [-0.05, 0) is 82.8 Å². The minimum atomic E-state index is -2.29. The van der Waals surface area contributed by atoms with Gasteiger partial charge in [0.2, 0.25) is 5.95 Å². The summed E-state index contributed by atoms with van der Waals surface area (Å²) in [5.74, 6) is 3.46. The summed E-state index contributed by atoms with van der Waals surface area (Å²) in [5, 5.41) is 11.0. The van der Waals surface area contributed by atoms with Gasteiger partial charge in [-0.2, -0.15) is 9.97 Å². The predicted molar refractivity (Wildman–Crippen MR) is 166 cm³/mol. The van der Waals surface area contributed by atoms with Crippen molar-refractivity contribution in [1.29, 1.82) is 0 Å². The van der Waals surface area contributed by atoms with Gasteiger partial charge < -0.3 is 40.9 Å². The van der Waals surface area contributed by atoms with E-state index in [1.165, 1.54) is 64.2 Å². The Morgan fingerprint density at radius 2 is 1.80 bits per heavy atom. The van der Waals surface area contributed by atoms with Gasteiger partial charge >= 0.3 is 8.60 Å². The fraction of sp³-hybridized carbons (Fsp3) is 0.862. The predicted octanol–water partition coefficient (Wildman–Crippen LogP) is 3.06.